The van der Waals surface area contributed by atoms with Crippen LogP contribution in [0, 0.1) is 28.6 Å². The van der Waals surface area contributed by atoms with Crippen LogP contribution < -0.4 is 5.32 Å². The zero-order chi connectivity index (χ0) is 14.3. The molecule has 1 N–H and O–H groups in total. The number of carbonyl (C=O) groups is 1. The molecule has 1 aliphatic carbocycles. The molecule has 3 rings (SSSR count). The summed E-state index contributed by atoms with van der Waals surface area (Å²) in [6.07, 6.45) is 7.74. The van der Waals surface area contributed by atoms with Gasteiger partial charge < -0.3 is 5.32 Å². The van der Waals surface area contributed by atoms with Gasteiger partial charge in [0.2, 0.25) is 0 Å². The lowest BCUT2D eigenvalue weighted by atomic mass is 9.70. The molecule has 0 saturated carbocycles. The van der Waals surface area contributed by atoms with Crippen LogP contribution in [-0.2, 0) is 4.79 Å². The van der Waals surface area contributed by atoms with E-state index < -0.39 is 5.41 Å². The molecule has 0 aromatic heterocycles. The van der Waals surface area contributed by atoms with Gasteiger partial charge in [-0.3, -0.25) is 9.79 Å². The second-order valence-electron chi connectivity index (χ2n) is 5.77. The van der Waals surface area contributed by atoms with E-state index in [-0.39, 0.29) is 11.7 Å². The second-order valence-corrected chi connectivity index (χ2v) is 5.77. The van der Waals surface area contributed by atoms with Crippen molar-refractivity contribution in [2.75, 3.05) is 6.54 Å². The van der Waals surface area contributed by atoms with Gasteiger partial charge in [-0.2, -0.15) is 5.26 Å². The molecule has 20 heavy (non-hydrogen) atoms. The van der Waals surface area contributed by atoms with Crippen molar-refractivity contribution in [3.63, 3.8) is 0 Å². The normalized spacial score (nSPS) is 31.4. The quantitative estimate of drug-likeness (QED) is 0.833. The maximum Gasteiger partial charge on any atom is 0.178 e. The molecular formula is C16H17N3O. The number of rotatable bonds is 2. The van der Waals surface area contributed by atoms with E-state index in [1.807, 2.05) is 20.1 Å². The topological polar surface area (TPSA) is 65.2 Å². The Morgan fingerprint density at radius 1 is 1.55 bits per heavy atom. The van der Waals surface area contributed by atoms with Crippen molar-refractivity contribution in [3.8, 4) is 6.07 Å². The van der Waals surface area contributed by atoms with E-state index in [4.69, 9.17) is 0 Å². The van der Waals surface area contributed by atoms with Crippen LogP contribution in [0.25, 0.3) is 0 Å². The van der Waals surface area contributed by atoms with Gasteiger partial charge in [-0.25, -0.2) is 0 Å². The van der Waals surface area contributed by atoms with Crippen LogP contribution in [0.1, 0.15) is 20.3 Å². The molecule has 0 radical (unpaired) electrons. The average Bonchev–Trinajstić information content (AvgIpc) is 3.02. The number of allylic oxidation sites excluding steroid dienone is 4. The van der Waals surface area contributed by atoms with Gasteiger partial charge in [0.25, 0.3) is 0 Å². The highest BCUT2D eigenvalue weighted by Crippen LogP contribution is 2.47. The van der Waals surface area contributed by atoms with Crippen LogP contribution in [0.3, 0.4) is 0 Å². The summed E-state index contributed by atoms with van der Waals surface area (Å²) in [5.41, 5.74) is 1.75. The third-order valence-electron chi connectivity index (χ3n) is 4.20. The third kappa shape index (κ3) is 1.66. The van der Waals surface area contributed by atoms with Crippen LogP contribution in [0.2, 0.25) is 0 Å². The minimum absolute atomic E-state index is 0.0527. The lowest BCUT2D eigenvalue weighted by Crippen LogP contribution is -2.29. The van der Waals surface area contributed by atoms with Gasteiger partial charge in [0.15, 0.2) is 5.78 Å². The Hall–Kier alpha value is -2.15. The van der Waals surface area contributed by atoms with Gasteiger partial charge in [-0.15, -0.1) is 0 Å². The molecule has 4 nitrogen and oxygen atoms in total. The average molecular weight is 267 g/mol. The fourth-order valence-electron chi connectivity index (χ4n) is 3.21. The summed E-state index contributed by atoms with van der Waals surface area (Å²) in [5, 5.41) is 13.2. The summed E-state index contributed by atoms with van der Waals surface area (Å²) in [7, 11) is 0. The zero-order valence-corrected chi connectivity index (χ0v) is 11.7. The fraction of sp³-hybridized carbons (Fsp3) is 0.438. The van der Waals surface area contributed by atoms with Crippen molar-refractivity contribution >= 4 is 12.0 Å². The highest BCUT2D eigenvalue weighted by atomic mass is 16.1. The van der Waals surface area contributed by atoms with Gasteiger partial charge in [0, 0.05) is 24.4 Å². The molecule has 2 aliphatic heterocycles. The standard InChI is InChI=1S/C16H17N3O/c1-10(2)13-7-12(20)3-5-16(13,9-17)15-14-11(8-19-15)4-6-18-14/h3,5,7-8,10-11,18H,4,6H2,1-2H3. The van der Waals surface area contributed by atoms with E-state index in [1.54, 1.807) is 12.2 Å². The maximum atomic E-state index is 11.7. The van der Waals surface area contributed by atoms with Crippen molar-refractivity contribution in [2.45, 2.75) is 20.3 Å². The predicted octanol–water partition coefficient (Wildman–Crippen LogP) is 2.12. The number of carbonyl (C=O) groups excluding carboxylic acids is 1. The largest absolute Gasteiger partial charge is 0.386 e. The monoisotopic (exact) mass is 267 g/mol. The number of nitriles is 1. The second kappa shape index (κ2) is 4.45. The summed E-state index contributed by atoms with van der Waals surface area (Å²) in [5.74, 6) is 0.366. The number of nitrogens with zero attached hydrogens (tertiary/aromatic N) is 2. The fourth-order valence-corrected chi connectivity index (χ4v) is 3.21. The first-order valence-electron chi connectivity index (χ1n) is 6.97. The summed E-state index contributed by atoms with van der Waals surface area (Å²) in [6.45, 7) is 4.93. The molecule has 0 aromatic carbocycles. The van der Waals surface area contributed by atoms with Gasteiger partial charge in [0.1, 0.15) is 5.41 Å². The Bertz CT molecular complexity index is 631. The number of aliphatic imine (C=N–C) groups is 1. The third-order valence-corrected chi connectivity index (χ3v) is 4.20. The van der Waals surface area contributed by atoms with Crippen LogP contribution in [-0.4, -0.2) is 18.5 Å². The number of nitrogens with one attached hydrogen (secondary N) is 1. The first kappa shape index (κ1) is 12.9. The van der Waals surface area contributed by atoms with E-state index in [9.17, 15) is 10.1 Å². The summed E-state index contributed by atoms with van der Waals surface area (Å²) in [4.78, 5) is 16.2. The van der Waals surface area contributed by atoms with E-state index in [0.29, 0.717) is 5.92 Å². The minimum Gasteiger partial charge on any atom is -0.386 e. The van der Waals surface area contributed by atoms with E-state index in [1.165, 1.54) is 6.08 Å². The van der Waals surface area contributed by atoms with E-state index in [0.717, 1.165) is 29.9 Å². The number of fused-ring (bicyclic) bond motifs is 1. The van der Waals surface area contributed by atoms with Crippen LogP contribution in [0.4, 0.5) is 0 Å². The van der Waals surface area contributed by atoms with Crippen molar-refractivity contribution in [1.29, 1.82) is 5.26 Å². The van der Waals surface area contributed by atoms with Gasteiger partial charge in [0.05, 0.1) is 11.8 Å². The predicted molar refractivity (Wildman–Crippen MR) is 76.7 cm³/mol. The molecular weight excluding hydrogens is 250 g/mol. The molecule has 3 aliphatic rings. The molecule has 4 heteroatoms. The molecule has 2 atom stereocenters. The molecule has 2 heterocycles. The Labute approximate surface area is 118 Å². The maximum absolute atomic E-state index is 11.7. The Morgan fingerprint density at radius 2 is 2.35 bits per heavy atom. The molecule has 0 bridgehead atoms. The van der Waals surface area contributed by atoms with Gasteiger partial charge in [-0.05, 0) is 30.1 Å². The number of ketones is 1. The van der Waals surface area contributed by atoms with Gasteiger partial charge in [-0.1, -0.05) is 19.9 Å². The molecule has 0 aromatic rings. The summed E-state index contributed by atoms with van der Waals surface area (Å²) < 4.78 is 0. The van der Waals surface area contributed by atoms with Crippen molar-refractivity contribution in [3.05, 3.63) is 35.2 Å². The van der Waals surface area contributed by atoms with Crippen LogP contribution >= 0.6 is 0 Å². The SMILES string of the molecule is CC(C)C1=CC(=O)C=CC1(C#N)C1=C2NCCC2C=N1. The first-order valence-corrected chi connectivity index (χ1v) is 6.97. The Morgan fingerprint density at radius 3 is 3.05 bits per heavy atom. The molecule has 1 saturated heterocycles. The Kier molecular flexibility index (Phi) is 2.86. The summed E-state index contributed by atoms with van der Waals surface area (Å²) in [6, 6.07) is 2.41. The van der Waals surface area contributed by atoms with Crippen molar-refractivity contribution in [1.82, 2.24) is 5.32 Å². The highest BCUT2D eigenvalue weighted by Gasteiger charge is 2.45. The van der Waals surface area contributed by atoms with Crippen molar-refractivity contribution in [2.24, 2.45) is 22.2 Å². The molecule has 1 fully saturated rings. The Balaban J connectivity index is 2.17. The molecule has 0 amide bonds. The molecule has 102 valence electrons. The van der Waals surface area contributed by atoms with Gasteiger partial charge >= 0.3 is 0 Å². The minimum atomic E-state index is -0.903. The van der Waals surface area contributed by atoms with E-state index >= 15 is 0 Å². The van der Waals surface area contributed by atoms with Crippen LogP contribution in [0.15, 0.2) is 40.2 Å². The molecule has 2 unspecified atom stereocenters. The lowest BCUT2D eigenvalue weighted by Gasteiger charge is -2.31. The number of hydrogen-bond acceptors (Lipinski definition) is 4. The van der Waals surface area contributed by atoms with Crippen molar-refractivity contribution < 1.29 is 4.79 Å². The highest BCUT2D eigenvalue weighted by molar-refractivity contribution is 6.02. The number of hydrogen-bond donors (Lipinski definition) is 1. The zero-order valence-electron chi connectivity index (χ0n) is 11.7. The smallest absolute Gasteiger partial charge is 0.178 e. The summed E-state index contributed by atoms with van der Waals surface area (Å²) >= 11 is 0. The first-order chi connectivity index (χ1) is 9.58. The van der Waals surface area contributed by atoms with E-state index in [2.05, 4.69) is 16.4 Å². The lowest BCUT2D eigenvalue weighted by molar-refractivity contribution is -0.110. The molecule has 0 spiro atoms. The van der Waals surface area contributed by atoms with Crippen LogP contribution in [0.5, 0.6) is 0 Å².